The molecule has 0 radical (unpaired) electrons. The van der Waals surface area contributed by atoms with Gasteiger partial charge in [0.05, 0.1) is 6.10 Å². The van der Waals surface area contributed by atoms with E-state index < -0.39 is 0 Å². The number of likely N-dealkylation sites (tertiary alicyclic amines) is 2. The van der Waals surface area contributed by atoms with Crippen LogP contribution in [-0.4, -0.2) is 59.8 Å². The lowest BCUT2D eigenvalue weighted by molar-refractivity contribution is 0.000199. The normalized spacial score (nSPS) is 43.3. The number of piperidine rings is 1. The lowest BCUT2D eigenvalue weighted by Crippen LogP contribution is -2.44. The topological polar surface area (TPSA) is 26.7 Å². The van der Waals surface area contributed by atoms with Crippen LogP contribution in [0.2, 0.25) is 0 Å². The first-order chi connectivity index (χ1) is 10.1. The molecule has 1 N–H and O–H groups in total. The van der Waals surface area contributed by atoms with Crippen molar-refractivity contribution in [3.8, 4) is 0 Å². The van der Waals surface area contributed by atoms with Crippen molar-refractivity contribution in [2.24, 2.45) is 17.8 Å². The van der Waals surface area contributed by atoms with Crippen LogP contribution >= 0.6 is 0 Å². The van der Waals surface area contributed by atoms with E-state index in [4.69, 9.17) is 0 Å². The zero-order valence-electron chi connectivity index (χ0n) is 14.0. The predicted octanol–water partition coefficient (Wildman–Crippen LogP) is 2.59. The molecular weight excluding hydrogens is 260 g/mol. The molecule has 0 aromatic rings. The van der Waals surface area contributed by atoms with E-state index in [1.54, 1.807) is 0 Å². The molecule has 3 aliphatic rings. The standard InChI is InChI=1S/C18H34N2O/c1-14-10-15(2)17(18(21)11-14)13-19-9-6-16(12-19)20-7-4-3-5-8-20/h14-18,21H,3-13H2,1-2H3. The van der Waals surface area contributed by atoms with Gasteiger partial charge >= 0.3 is 0 Å². The Morgan fingerprint density at radius 2 is 1.76 bits per heavy atom. The molecule has 21 heavy (non-hydrogen) atoms. The molecule has 1 saturated carbocycles. The molecule has 3 rings (SSSR count). The zero-order valence-corrected chi connectivity index (χ0v) is 14.0. The van der Waals surface area contributed by atoms with Crippen molar-refractivity contribution in [2.75, 3.05) is 32.7 Å². The molecule has 3 heteroatoms. The Balaban J connectivity index is 1.49. The van der Waals surface area contributed by atoms with Crippen LogP contribution in [0.25, 0.3) is 0 Å². The summed E-state index contributed by atoms with van der Waals surface area (Å²) in [5, 5.41) is 10.4. The van der Waals surface area contributed by atoms with Crippen molar-refractivity contribution >= 4 is 0 Å². The van der Waals surface area contributed by atoms with Gasteiger partial charge in [-0.3, -0.25) is 4.90 Å². The van der Waals surface area contributed by atoms with E-state index >= 15 is 0 Å². The summed E-state index contributed by atoms with van der Waals surface area (Å²) >= 11 is 0. The molecule has 5 unspecified atom stereocenters. The molecule has 2 aliphatic heterocycles. The maximum atomic E-state index is 10.4. The summed E-state index contributed by atoms with van der Waals surface area (Å²) in [6, 6.07) is 0.792. The first-order valence-electron chi connectivity index (χ1n) is 9.28. The van der Waals surface area contributed by atoms with Crippen LogP contribution in [0.4, 0.5) is 0 Å². The van der Waals surface area contributed by atoms with Crippen LogP contribution < -0.4 is 0 Å². The van der Waals surface area contributed by atoms with E-state index in [1.807, 2.05) is 0 Å². The van der Waals surface area contributed by atoms with E-state index in [0.29, 0.717) is 17.8 Å². The molecule has 122 valence electrons. The molecule has 0 amide bonds. The number of hydrogen-bond acceptors (Lipinski definition) is 3. The highest BCUT2D eigenvalue weighted by Gasteiger charge is 2.36. The van der Waals surface area contributed by atoms with Gasteiger partial charge in [-0.25, -0.2) is 0 Å². The van der Waals surface area contributed by atoms with Crippen LogP contribution in [0.3, 0.4) is 0 Å². The average Bonchev–Trinajstić information content (AvgIpc) is 2.92. The van der Waals surface area contributed by atoms with Crippen LogP contribution in [0.15, 0.2) is 0 Å². The molecule has 3 nitrogen and oxygen atoms in total. The maximum Gasteiger partial charge on any atom is 0.0585 e. The SMILES string of the molecule is CC1CC(C)C(CN2CCC(N3CCCCC3)C2)C(O)C1. The van der Waals surface area contributed by atoms with Gasteiger partial charge in [0, 0.05) is 25.0 Å². The fraction of sp³-hybridized carbons (Fsp3) is 1.00. The summed E-state index contributed by atoms with van der Waals surface area (Å²) in [4.78, 5) is 5.37. The summed E-state index contributed by atoms with van der Waals surface area (Å²) < 4.78 is 0. The molecule has 3 fully saturated rings. The van der Waals surface area contributed by atoms with Gasteiger partial charge in [-0.15, -0.1) is 0 Å². The van der Waals surface area contributed by atoms with Crippen molar-refractivity contribution in [3.05, 3.63) is 0 Å². The maximum absolute atomic E-state index is 10.4. The third-order valence-corrected chi connectivity index (χ3v) is 6.27. The van der Waals surface area contributed by atoms with E-state index in [-0.39, 0.29) is 6.10 Å². The van der Waals surface area contributed by atoms with Gasteiger partial charge in [0.25, 0.3) is 0 Å². The second kappa shape index (κ2) is 6.97. The van der Waals surface area contributed by atoms with Crippen LogP contribution in [0.1, 0.15) is 52.4 Å². The Hall–Kier alpha value is -0.120. The Morgan fingerprint density at radius 1 is 1.00 bits per heavy atom. The molecule has 0 aromatic heterocycles. The summed E-state index contributed by atoms with van der Waals surface area (Å²) in [5.74, 6) is 1.88. The van der Waals surface area contributed by atoms with Gasteiger partial charge in [0.2, 0.25) is 0 Å². The zero-order chi connectivity index (χ0) is 14.8. The van der Waals surface area contributed by atoms with Gasteiger partial charge in [-0.1, -0.05) is 20.3 Å². The van der Waals surface area contributed by atoms with Crippen molar-refractivity contribution in [3.63, 3.8) is 0 Å². The molecule has 1 aliphatic carbocycles. The number of rotatable bonds is 3. The third-order valence-electron chi connectivity index (χ3n) is 6.27. The molecule has 0 bridgehead atoms. The molecule has 2 saturated heterocycles. The van der Waals surface area contributed by atoms with Crippen molar-refractivity contribution in [2.45, 2.75) is 64.5 Å². The Bertz CT molecular complexity index is 317. The van der Waals surface area contributed by atoms with Gasteiger partial charge in [0.1, 0.15) is 0 Å². The summed E-state index contributed by atoms with van der Waals surface area (Å²) in [6.07, 6.45) is 7.80. The molecular formula is C18H34N2O. The number of nitrogens with zero attached hydrogens (tertiary/aromatic N) is 2. The van der Waals surface area contributed by atoms with Gasteiger partial charge in [0.15, 0.2) is 0 Å². The minimum Gasteiger partial charge on any atom is -0.393 e. The Morgan fingerprint density at radius 3 is 2.48 bits per heavy atom. The minimum atomic E-state index is -0.0715. The first-order valence-corrected chi connectivity index (χ1v) is 9.28. The lowest BCUT2D eigenvalue weighted by atomic mass is 9.73. The van der Waals surface area contributed by atoms with Crippen LogP contribution in [-0.2, 0) is 0 Å². The van der Waals surface area contributed by atoms with Gasteiger partial charge in [-0.05, 0) is 63.6 Å². The smallest absolute Gasteiger partial charge is 0.0585 e. The Labute approximate surface area is 130 Å². The highest BCUT2D eigenvalue weighted by molar-refractivity contribution is 4.89. The van der Waals surface area contributed by atoms with E-state index in [0.717, 1.165) is 19.0 Å². The quantitative estimate of drug-likeness (QED) is 0.867. The fourth-order valence-electron chi connectivity index (χ4n) is 5.03. The summed E-state index contributed by atoms with van der Waals surface area (Å²) in [5.41, 5.74) is 0. The Kier molecular flexibility index (Phi) is 5.23. The highest BCUT2D eigenvalue weighted by atomic mass is 16.3. The van der Waals surface area contributed by atoms with Crippen molar-refractivity contribution in [1.82, 2.24) is 9.80 Å². The monoisotopic (exact) mass is 294 g/mol. The number of aliphatic hydroxyl groups excluding tert-OH is 1. The van der Waals surface area contributed by atoms with E-state index in [2.05, 4.69) is 23.6 Å². The second-order valence-electron chi connectivity index (χ2n) is 8.08. The van der Waals surface area contributed by atoms with Gasteiger partial charge < -0.3 is 10.0 Å². The fourth-order valence-corrected chi connectivity index (χ4v) is 5.03. The average molecular weight is 294 g/mol. The molecule has 2 heterocycles. The van der Waals surface area contributed by atoms with Crippen LogP contribution in [0.5, 0.6) is 0 Å². The molecule has 0 aromatic carbocycles. The van der Waals surface area contributed by atoms with Crippen LogP contribution in [0, 0.1) is 17.8 Å². The largest absolute Gasteiger partial charge is 0.393 e. The molecule has 5 atom stereocenters. The first kappa shape index (κ1) is 15.8. The number of aliphatic hydroxyl groups is 1. The third kappa shape index (κ3) is 3.80. The van der Waals surface area contributed by atoms with E-state index in [9.17, 15) is 5.11 Å². The van der Waals surface area contributed by atoms with Crippen molar-refractivity contribution < 1.29 is 5.11 Å². The summed E-state index contributed by atoms with van der Waals surface area (Å²) in [7, 11) is 0. The minimum absolute atomic E-state index is 0.0715. The predicted molar refractivity (Wildman–Crippen MR) is 87.3 cm³/mol. The highest BCUT2D eigenvalue weighted by Crippen LogP contribution is 2.35. The summed E-state index contributed by atoms with van der Waals surface area (Å²) in [6.45, 7) is 10.9. The van der Waals surface area contributed by atoms with Gasteiger partial charge in [-0.2, -0.15) is 0 Å². The number of hydrogen-bond donors (Lipinski definition) is 1. The van der Waals surface area contributed by atoms with E-state index in [1.165, 1.54) is 58.3 Å². The molecule has 0 spiro atoms. The van der Waals surface area contributed by atoms with Crippen molar-refractivity contribution in [1.29, 1.82) is 0 Å². The second-order valence-corrected chi connectivity index (χ2v) is 8.08. The lowest BCUT2D eigenvalue weighted by Gasteiger charge is -2.39.